The fourth-order valence-corrected chi connectivity index (χ4v) is 0.750. The van der Waals surface area contributed by atoms with Crippen LogP contribution in [0.1, 0.15) is 0 Å². The number of carbonyl (C=O) groups excluding carboxylic acids is 4. The van der Waals surface area contributed by atoms with Crippen molar-refractivity contribution in [3.05, 3.63) is 25.3 Å². The number of hydrogen-bond donors (Lipinski definition) is 1. The van der Waals surface area contributed by atoms with E-state index in [1.165, 1.54) is 0 Å². The Morgan fingerprint density at radius 1 is 1.20 bits per heavy atom. The Hall–Kier alpha value is -2.17. The average Bonchev–Trinajstić information content (AvgIpc) is 2.25. The van der Waals surface area contributed by atoms with Crippen molar-refractivity contribution in [3.63, 3.8) is 0 Å². The van der Waals surface area contributed by atoms with Gasteiger partial charge in [0.25, 0.3) is 5.60 Å². The first kappa shape index (κ1) is 12.8. The number of ketones is 2. The molecule has 0 fully saturated rings. The second-order valence-corrected chi connectivity index (χ2v) is 2.36. The molecule has 0 aliphatic carbocycles. The summed E-state index contributed by atoms with van der Waals surface area (Å²) in [5.41, 5.74) is -3.05. The number of carbonyl (C=O) groups is 3. The molecule has 0 spiro atoms. The van der Waals surface area contributed by atoms with Crippen LogP contribution < -0.4 is 0 Å². The third-order valence-electron chi connectivity index (χ3n) is 1.54. The van der Waals surface area contributed by atoms with Crippen molar-refractivity contribution >= 4 is 23.6 Å². The van der Waals surface area contributed by atoms with Gasteiger partial charge in [0.05, 0.1) is 0 Å². The highest BCUT2D eigenvalue weighted by Gasteiger charge is 2.48. The van der Waals surface area contributed by atoms with E-state index in [2.05, 4.69) is 18.2 Å². The zero-order valence-electron chi connectivity index (χ0n) is 7.60. The van der Waals surface area contributed by atoms with E-state index in [1.54, 1.807) is 0 Å². The Morgan fingerprint density at radius 2 is 1.60 bits per heavy atom. The van der Waals surface area contributed by atoms with Crippen molar-refractivity contribution in [1.82, 2.24) is 0 Å². The first-order chi connectivity index (χ1) is 6.94. The maximum Gasteiger partial charge on any atom is 0.304 e. The van der Waals surface area contributed by atoms with Crippen LogP contribution in [-0.4, -0.2) is 34.3 Å². The highest BCUT2D eigenvalue weighted by Crippen LogP contribution is 2.12. The molecular weight excluding hydrogens is 202 g/mol. The summed E-state index contributed by atoms with van der Waals surface area (Å²) in [5.74, 6) is -4.18. The topological polar surface area (TPSA) is 101 Å². The zero-order valence-corrected chi connectivity index (χ0v) is 7.60. The van der Waals surface area contributed by atoms with Crippen LogP contribution >= 0.6 is 0 Å². The van der Waals surface area contributed by atoms with Gasteiger partial charge in [-0.1, -0.05) is 13.2 Å². The zero-order chi connectivity index (χ0) is 12.1. The lowest BCUT2D eigenvalue weighted by Crippen LogP contribution is -2.51. The lowest BCUT2D eigenvalue weighted by atomic mass is 9.92. The molecule has 0 saturated heterocycles. The monoisotopic (exact) mass is 209 g/mol. The van der Waals surface area contributed by atoms with Crippen molar-refractivity contribution < 1.29 is 24.3 Å². The first-order valence-corrected chi connectivity index (χ1v) is 3.63. The van der Waals surface area contributed by atoms with Gasteiger partial charge in [0.2, 0.25) is 17.6 Å². The molecule has 0 aromatic carbocycles. The fraction of sp³-hybridized carbons (Fsp3) is 0.111. The number of rotatable bonds is 5. The van der Waals surface area contributed by atoms with Crippen molar-refractivity contribution in [3.8, 4) is 0 Å². The normalized spacial score (nSPS) is 9.67. The highest BCUT2D eigenvalue weighted by atomic mass is 16.3. The lowest BCUT2D eigenvalue weighted by Gasteiger charge is -2.16. The highest BCUT2D eigenvalue weighted by molar-refractivity contribution is 6.32. The molecule has 15 heavy (non-hydrogen) atoms. The van der Waals surface area contributed by atoms with Gasteiger partial charge in [-0.05, 0) is 12.2 Å². The summed E-state index contributed by atoms with van der Waals surface area (Å²) in [6.45, 7) is 5.99. The standard InChI is InChI=1S/C9H7NO5/c1-3-6(12)9(15,7(13)4-2)8(14)10-5-11/h3-4,15H,1-2H2. The van der Waals surface area contributed by atoms with E-state index in [-0.39, 0.29) is 0 Å². The molecule has 0 radical (unpaired) electrons. The van der Waals surface area contributed by atoms with Crippen LogP contribution in [0.15, 0.2) is 30.3 Å². The van der Waals surface area contributed by atoms with E-state index >= 15 is 0 Å². The fourth-order valence-electron chi connectivity index (χ4n) is 0.750. The Bertz CT molecular complexity index is 369. The summed E-state index contributed by atoms with van der Waals surface area (Å²) in [4.78, 5) is 45.5. The molecule has 6 nitrogen and oxygen atoms in total. The summed E-state index contributed by atoms with van der Waals surface area (Å²) in [6, 6.07) is 0. The Morgan fingerprint density at radius 3 is 1.87 bits per heavy atom. The van der Waals surface area contributed by atoms with Crippen LogP contribution in [0.3, 0.4) is 0 Å². The smallest absolute Gasteiger partial charge is 0.304 e. The number of amides is 1. The molecule has 0 rings (SSSR count). The van der Waals surface area contributed by atoms with E-state index in [0.717, 1.165) is 6.08 Å². The van der Waals surface area contributed by atoms with Crippen LogP contribution in [0.2, 0.25) is 0 Å². The maximum atomic E-state index is 11.1. The van der Waals surface area contributed by atoms with Crippen molar-refractivity contribution in [1.29, 1.82) is 0 Å². The van der Waals surface area contributed by atoms with Crippen LogP contribution in [0.5, 0.6) is 0 Å². The van der Waals surface area contributed by atoms with E-state index in [4.69, 9.17) is 0 Å². The number of hydrogen-bond acceptors (Lipinski definition) is 5. The van der Waals surface area contributed by atoms with Crippen molar-refractivity contribution in [2.24, 2.45) is 4.99 Å². The Balaban J connectivity index is 5.58. The summed E-state index contributed by atoms with van der Waals surface area (Å²) in [5, 5.41) is 9.48. The number of isocyanates is 1. The molecule has 0 atom stereocenters. The van der Waals surface area contributed by atoms with Crippen LogP contribution in [0, 0.1) is 0 Å². The molecule has 0 aromatic heterocycles. The van der Waals surface area contributed by atoms with Gasteiger partial charge in [-0.15, -0.1) is 4.99 Å². The molecule has 0 bridgehead atoms. The first-order valence-electron chi connectivity index (χ1n) is 3.63. The second kappa shape index (κ2) is 4.90. The number of aliphatic imine (C=N–C) groups is 1. The SMILES string of the molecule is C=CC(=O)C(O)(C(=O)C=C)C(=O)N=C=O. The summed E-state index contributed by atoms with van der Waals surface area (Å²) in [7, 11) is 0. The number of aliphatic hydroxyl groups is 1. The van der Waals surface area contributed by atoms with Gasteiger partial charge >= 0.3 is 5.91 Å². The molecule has 78 valence electrons. The Kier molecular flexibility index (Phi) is 4.19. The van der Waals surface area contributed by atoms with Gasteiger partial charge in [0, 0.05) is 0 Å². The van der Waals surface area contributed by atoms with Crippen molar-refractivity contribution in [2.45, 2.75) is 5.60 Å². The summed E-state index contributed by atoms with van der Waals surface area (Å²) < 4.78 is 0. The van der Waals surface area contributed by atoms with E-state index in [1.807, 2.05) is 0 Å². The number of nitrogens with zero attached hydrogens (tertiary/aromatic N) is 1. The molecule has 0 heterocycles. The van der Waals surface area contributed by atoms with E-state index in [0.29, 0.717) is 12.2 Å². The van der Waals surface area contributed by atoms with Crippen LogP contribution in [-0.2, 0) is 19.2 Å². The minimum Gasteiger partial charge on any atom is -0.367 e. The summed E-state index contributed by atoms with van der Waals surface area (Å²) in [6.07, 6.45) is 1.96. The molecular formula is C9H7NO5. The minimum absolute atomic E-state index is 0.569. The maximum absolute atomic E-state index is 11.1. The van der Waals surface area contributed by atoms with Crippen LogP contribution in [0.25, 0.3) is 0 Å². The van der Waals surface area contributed by atoms with Crippen molar-refractivity contribution in [2.75, 3.05) is 0 Å². The van der Waals surface area contributed by atoms with E-state index in [9.17, 15) is 24.3 Å². The second-order valence-electron chi connectivity index (χ2n) is 2.36. The predicted molar refractivity (Wildman–Crippen MR) is 48.5 cm³/mol. The quantitative estimate of drug-likeness (QED) is 0.273. The lowest BCUT2D eigenvalue weighted by molar-refractivity contribution is -0.153. The van der Waals surface area contributed by atoms with Gasteiger partial charge in [-0.25, -0.2) is 4.79 Å². The van der Waals surface area contributed by atoms with Gasteiger partial charge in [-0.3, -0.25) is 14.4 Å². The largest absolute Gasteiger partial charge is 0.367 e. The third kappa shape index (κ3) is 2.19. The molecule has 0 aliphatic rings. The van der Waals surface area contributed by atoms with Gasteiger partial charge in [0.1, 0.15) is 0 Å². The average molecular weight is 209 g/mol. The van der Waals surface area contributed by atoms with Crippen LogP contribution in [0.4, 0.5) is 0 Å². The molecule has 1 amide bonds. The third-order valence-corrected chi connectivity index (χ3v) is 1.54. The predicted octanol–water partition coefficient (Wildman–Crippen LogP) is -0.910. The molecule has 0 aliphatic heterocycles. The van der Waals surface area contributed by atoms with E-state index < -0.39 is 23.1 Å². The molecule has 0 saturated carbocycles. The molecule has 0 unspecified atom stereocenters. The molecule has 1 N–H and O–H groups in total. The minimum atomic E-state index is -3.05. The Labute approximate surface area is 84.6 Å². The van der Waals surface area contributed by atoms with Gasteiger partial charge in [0.15, 0.2) is 0 Å². The molecule has 6 heteroatoms. The molecule has 0 aromatic rings. The van der Waals surface area contributed by atoms with Gasteiger partial charge in [-0.2, -0.15) is 0 Å². The summed E-state index contributed by atoms with van der Waals surface area (Å²) >= 11 is 0. The van der Waals surface area contributed by atoms with Gasteiger partial charge < -0.3 is 5.11 Å².